The van der Waals surface area contributed by atoms with Crippen LogP contribution in [0.3, 0.4) is 0 Å². The summed E-state index contributed by atoms with van der Waals surface area (Å²) >= 11 is 4.84. The highest BCUT2D eigenvalue weighted by Crippen LogP contribution is 2.23. The summed E-state index contributed by atoms with van der Waals surface area (Å²) in [6, 6.07) is 9.51. The van der Waals surface area contributed by atoms with E-state index in [4.69, 9.17) is 22.7 Å². The number of aryl methyl sites for hydroxylation is 2. The highest BCUT2D eigenvalue weighted by atomic mass is 32.1. The van der Waals surface area contributed by atoms with Gasteiger partial charge < -0.3 is 10.5 Å². The molecule has 0 saturated carbocycles. The van der Waals surface area contributed by atoms with Gasteiger partial charge in [0.05, 0.1) is 11.9 Å². The molecule has 0 amide bonds. The minimum atomic E-state index is 0.285. The van der Waals surface area contributed by atoms with Crippen LogP contribution in [0.4, 0.5) is 0 Å². The summed E-state index contributed by atoms with van der Waals surface area (Å²) in [6.07, 6.45) is 1.61. The van der Waals surface area contributed by atoms with Crippen LogP contribution in [0.2, 0.25) is 0 Å². The fourth-order valence-corrected chi connectivity index (χ4v) is 1.62. The second-order valence-electron chi connectivity index (χ2n) is 4.09. The van der Waals surface area contributed by atoms with Crippen molar-refractivity contribution in [1.82, 2.24) is 4.98 Å². The van der Waals surface area contributed by atoms with Crippen LogP contribution >= 0.6 is 12.2 Å². The maximum absolute atomic E-state index is 5.70. The molecule has 0 unspecified atom stereocenters. The lowest BCUT2D eigenvalue weighted by atomic mass is 10.1. The molecule has 0 aliphatic carbocycles. The highest BCUT2D eigenvalue weighted by Gasteiger charge is 2.02. The van der Waals surface area contributed by atoms with Crippen molar-refractivity contribution < 1.29 is 4.74 Å². The molecular formula is C14H14N2OS. The molecule has 2 aromatic rings. The molecule has 92 valence electrons. The zero-order chi connectivity index (χ0) is 13.1. The number of thiocarbonyl (C=S) groups is 1. The first kappa shape index (κ1) is 12.5. The van der Waals surface area contributed by atoms with E-state index in [2.05, 4.69) is 18.8 Å². The van der Waals surface area contributed by atoms with Crippen LogP contribution in [0.25, 0.3) is 0 Å². The average Bonchev–Trinajstić information content (AvgIpc) is 2.34. The number of aromatic nitrogens is 1. The maximum Gasteiger partial charge on any atom is 0.145 e. The number of hydrogen-bond acceptors (Lipinski definition) is 3. The number of rotatable bonds is 3. The minimum Gasteiger partial charge on any atom is -0.456 e. The Bertz CT molecular complexity index is 579. The number of benzene rings is 1. The molecule has 0 aliphatic rings. The third-order valence-corrected chi connectivity index (χ3v) is 2.91. The Morgan fingerprint density at radius 2 is 1.83 bits per heavy atom. The van der Waals surface area contributed by atoms with Crippen LogP contribution in [0.5, 0.6) is 11.5 Å². The first-order valence-electron chi connectivity index (χ1n) is 5.57. The summed E-state index contributed by atoms with van der Waals surface area (Å²) in [7, 11) is 0. The first-order chi connectivity index (χ1) is 8.56. The molecule has 0 saturated heterocycles. The van der Waals surface area contributed by atoms with Crippen LogP contribution in [0.15, 0.2) is 36.5 Å². The van der Waals surface area contributed by atoms with Gasteiger partial charge in [-0.2, -0.15) is 0 Å². The van der Waals surface area contributed by atoms with Crippen LogP contribution in [0.1, 0.15) is 16.8 Å². The molecule has 0 fully saturated rings. The minimum absolute atomic E-state index is 0.285. The Morgan fingerprint density at radius 1 is 1.11 bits per heavy atom. The van der Waals surface area contributed by atoms with Crippen molar-refractivity contribution in [3.63, 3.8) is 0 Å². The lowest BCUT2D eigenvalue weighted by Gasteiger charge is -2.08. The molecule has 3 nitrogen and oxygen atoms in total. The van der Waals surface area contributed by atoms with E-state index < -0.39 is 0 Å². The predicted octanol–water partition coefficient (Wildman–Crippen LogP) is 3.12. The first-order valence-corrected chi connectivity index (χ1v) is 5.98. The van der Waals surface area contributed by atoms with Crippen molar-refractivity contribution in [3.05, 3.63) is 53.3 Å². The Morgan fingerprint density at radius 3 is 2.39 bits per heavy atom. The van der Waals surface area contributed by atoms with E-state index in [-0.39, 0.29) is 4.99 Å². The number of pyridine rings is 1. The SMILES string of the molecule is Cc1ccc(Oc2ccc(C(N)=S)nc2)cc1C. The van der Waals surface area contributed by atoms with Gasteiger partial charge in [-0.25, -0.2) is 4.98 Å². The molecule has 1 aromatic carbocycles. The fourth-order valence-electron chi connectivity index (χ4n) is 1.50. The summed E-state index contributed by atoms with van der Waals surface area (Å²) in [5.41, 5.74) is 8.51. The van der Waals surface area contributed by atoms with E-state index in [1.54, 1.807) is 18.3 Å². The molecule has 1 heterocycles. The van der Waals surface area contributed by atoms with Crippen molar-refractivity contribution in [3.8, 4) is 11.5 Å². The Labute approximate surface area is 112 Å². The summed E-state index contributed by atoms with van der Waals surface area (Å²) in [6.45, 7) is 4.12. The summed E-state index contributed by atoms with van der Waals surface area (Å²) in [5, 5.41) is 0. The highest BCUT2D eigenvalue weighted by molar-refractivity contribution is 7.80. The lowest BCUT2D eigenvalue weighted by Crippen LogP contribution is -2.10. The Balaban J connectivity index is 2.18. The van der Waals surface area contributed by atoms with E-state index in [1.807, 2.05) is 18.2 Å². The Kier molecular flexibility index (Phi) is 3.58. The zero-order valence-electron chi connectivity index (χ0n) is 10.3. The van der Waals surface area contributed by atoms with Crippen LogP contribution in [0, 0.1) is 13.8 Å². The molecule has 18 heavy (non-hydrogen) atoms. The lowest BCUT2D eigenvalue weighted by molar-refractivity contribution is 0.479. The van der Waals surface area contributed by atoms with Gasteiger partial charge in [-0.15, -0.1) is 0 Å². The molecule has 2 N–H and O–H groups in total. The third-order valence-electron chi connectivity index (χ3n) is 2.70. The van der Waals surface area contributed by atoms with Crippen molar-refractivity contribution in [1.29, 1.82) is 0 Å². The van der Waals surface area contributed by atoms with Gasteiger partial charge >= 0.3 is 0 Å². The maximum atomic E-state index is 5.70. The second-order valence-corrected chi connectivity index (χ2v) is 4.53. The summed E-state index contributed by atoms with van der Waals surface area (Å²) in [5.74, 6) is 1.46. The monoisotopic (exact) mass is 258 g/mol. The van der Waals surface area contributed by atoms with Gasteiger partial charge in [0.15, 0.2) is 0 Å². The third kappa shape index (κ3) is 2.84. The van der Waals surface area contributed by atoms with E-state index in [0.29, 0.717) is 11.4 Å². The fraction of sp³-hybridized carbons (Fsp3) is 0.143. The van der Waals surface area contributed by atoms with Gasteiger partial charge in [0.1, 0.15) is 16.5 Å². The van der Waals surface area contributed by atoms with Gasteiger partial charge in [0.25, 0.3) is 0 Å². The second kappa shape index (κ2) is 5.14. The van der Waals surface area contributed by atoms with Crippen LogP contribution in [-0.2, 0) is 0 Å². The number of nitrogens with zero attached hydrogens (tertiary/aromatic N) is 1. The van der Waals surface area contributed by atoms with Crippen LogP contribution in [-0.4, -0.2) is 9.97 Å². The number of ether oxygens (including phenoxy) is 1. The van der Waals surface area contributed by atoms with Crippen molar-refractivity contribution in [2.24, 2.45) is 5.73 Å². The van der Waals surface area contributed by atoms with Gasteiger partial charge in [0, 0.05) is 0 Å². The zero-order valence-corrected chi connectivity index (χ0v) is 11.1. The molecule has 4 heteroatoms. The molecule has 0 atom stereocenters. The Hall–Kier alpha value is -1.94. The average molecular weight is 258 g/mol. The van der Waals surface area contributed by atoms with Gasteiger partial charge in [-0.1, -0.05) is 18.3 Å². The molecule has 0 aliphatic heterocycles. The predicted molar refractivity (Wildman–Crippen MR) is 76.1 cm³/mol. The normalized spacial score (nSPS) is 10.1. The summed E-state index contributed by atoms with van der Waals surface area (Å²) in [4.78, 5) is 4.41. The topological polar surface area (TPSA) is 48.1 Å². The molecule has 1 aromatic heterocycles. The smallest absolute Gasteiger partial charge is 0.145 e. The van der Waals surface area contributed by atoms with Crippen LogP contribution < -0.4 is 10.5 Å². The quantitative estimate of drug-likeness (QED) is 0.859. The number of nitrogens with two attached hydrogens (primary N) is 1. The van der Waals surface area contributed by atoms with Gasteiger partial charge in [-0.3, -0.25) is 0 Å². The van der Waals surface area contributed by atoms with E-state index in [0.717, 1.165) is 5.75 Å². The molecule has 0 bridgehead atoms. The van der Waals surface area contributed by atoms with E-state index in [1.165, 1.54) is 11.1 Å². The molecule has 0 radical (unpaired) electrons. The van der Waals surface area contributed by atoms with Crippen molar-refractivity contribution in [2.75, 3.05) is 0 Å². The molecular weight excluding hydrogens is 244 g/mol. The summed E-state index contributed by atoms with van der Waals surface area (Å²) < 4.78 is 5.70. The number of hydrogen-bond donors (Lipinski definition) is 1. The van der Waals surface area contributed by atoms with Crippen molar-refractivity contribution in [2.45, 2.75) is 13.8 Å². The van der Waals surface area contributed by atoms with Crippen molar-refractivity contribution >= 4 is 17.2 Å². The van der Waals surface area contributed by atoms with E-state index >= 15 is 0 Å². The standard InChI is InChI=1S/C14H14N2OS/c1-9-3-4-11(7-10(9)2)17-12-5-6-13(14(15)18)16-8-12/h3-8H,1-2H3,(H2,15,18). The van der Waals surface area contributed by atoms with Gasteiger partial charge in [-0.05, 0) is 49.2 Å². The molecule has 2 rings (SSSR count). The molecule has 0 spiro atoms. The van der Waals surface area contributed by atoms with Gasteiger partial charge in [0.2, 0.25) is 0 Å². The van der Waals surface area contributed by atoms with E-state index in [9.17, 15) is 0 Å². The largest absolute Gasteiger partial charge is 0.456 e.